The predicted molar refractivity (Wildman–Crippen MR) is 65.6 cm³/mol. The molecule has 1 aliphatic heterocycles. The fraction of sp³-hybridized carbons (Fsp3) is 0.615. The van der Waals surface area contributed by atoms with Crippen molar-refractivity contribution in [3.8, 4) is 5.75 Å². The van der Waals surface area contributed by atoms with Gasteiger partial charge in [0.2, 0.25) is 5.69 Å². The lowest BCUT2D eigenvalue weighted by Gasteiger charge is -2.39. The van der Waals surface area contributed by atoms with E-state index in [-0.39, 0.29) is 12.4 Å². The van der Waals surface area contributed by atoms with E-state index in [1.807, 2.05) is 0 Å². The van der Waals surface area contributed by atoms with Gasteiger partial charge in [-0.05, 0) is 5.75 Å². The quantitative estimate of drug-likeness (QED) is 0.434. The first-order valence-corrected chi connectivity index (χ1v) is 6.51. The van der Waals surface area contributed by atoms with E-state index in [0.717, 1.165) is 0 Å². The van der Waals surface area contributed by atoms with Crippen LogP contribution in [0.3, 0.4) is 0 Å². The molecule has 1 fully saturated rings. The highest BCUT2D eigenvalue weighted by molar-refractivity contribution is 5.11. The van der Waals surface area contributed by atoms with Gasteiger partial charge in [-0.1, -0.05) is 6.07 Å². The average Bonchev–Trinajstić information content (AvgIpc) is 2.46. The van der Waals surface area contributed by atoms with Crippen molar-refractivity contribution in [1.82, 2.24) is 0 Å². The number of ether oxygens (including phenoxy) is 2. The Hall–Kier alpha value is -1.29. The van der Waals surface area contributed by atoms with Gasteiger partial charge in [-0.3, -0.25) is 0 Å². The van der Waals surface area contributed by atoms with Gasteiger partial charge < -0.3 is 35.0 Å². The van der Waals surface area contributed by atoms with Crippen LogP contribution in [0.1, 0.15) is 5.69 Å². The van der Waals surface area contributed by atoms with Gasteiger partial charge in [0.1, 0.15) is 38.1 Å². The van der Waals surface area contributed by atoms with Crippen LogP contribution in [0.4, 0.5) is 0 Å². The van der Waals surface area contributed by atoms with E-state index in [9.17, 15) is 20.4 Å². The van der Waals surface area contributed by atoms with Crippen LogP contribution in [0, 0.1) is 0 Å². The Bertz CT molecular complexity index is 482. The molecule has 1 aromatic rings. The maximum absolute atomic E-state index is 11.1. The van der Waals surface area contributed by atoms with E-state index in [1.54, 1.807) is 17.7 Å². The van der Waals surface area contributed by atoms with Crippen LogP contribution < -0.4 is 9.67 Å². The summed E-state index contributed by atoms with van der Waals surface area (Å²) < 4.78 is 12.2. The van der Waals surface area contributed by atoms with Crippen molar-refractivity contribution in [2.75, 3.05) is 6.61 Å². The molecule has 0 unspecified atom stereocenters. The summed E-state index contributed by atoms with van der Waals surface area (Å²) in [6, 6.07) is 2.96. The molecule has 0 radical (unpaired) electrons. The number of hydrogen-bond donors (Lipinski definition) is 4. The SMILES string of the molecule is C[n+]1cc([O-])ccc1CO[C@H]1O[C@H](CO)[C@@H](O)[C@H](O)[C@H]1O. The third-order valence-corrected chi connectivity index (χ3v) is 3.46. The summed E-state index contributed by atoms with van der Waals surface area (Å²) in [5.74, 6) is -0.144. The van der Waals surface area contributed by atoms with Crippen molar-refractivity contribution in [3.05, 3.63) is 24.0 Å². The number of aliphatic hydroxyl groups excluding tert-OH is 4. The highest BCUT2D eigenvalue weighted by Gasteiger charge is 2.44. The van der Waals surface area contributed by atoms with Gasteiger partial charge in [0.15, 0.2) is 12.5 Å². The summed E-state index contributed by atoms with van der Waals surface area (Å²) in [4.78, 5) is 0. The zero-order valence-electron chi connectivity index (χ0n) is 11.5. The summed E-state index contributed by atoms with van der Waals surface area (Å²) in [6.07, 6.45) is -5.14. The molecule has 0 saturated carbocycles. The van der Waals surface area contributed by atoms with Gasteiger partial charge in [-0.15, -0.1) is 0 Å². The number of rotatable bonds is 4. The molecule has 1 saturated heterocycles. The Morgan fingerprint density at radius 1 is 1.24 bits per heavy atom. The number of nitrogens with zero attached hydrogens (tertiary/aromatic N) is 1. The van der Waals surface area contributed by atoms with Gasteiger partial charge >= 0.3 is 0 Å². The molecule has 118 valence electrons. The van der Waals surface area contributed by atoms with Crippen molar-refractivity contribution in [1.29, 1.82) is 0 Å². The second-order valence-electron chi connectivity index (χ2n) is 4.98. The maximum Gasteiger partial charge on any atom is 0.207 e. The molecule has 4 N–H and O–H groups in total. The van der Waals surface area contributed by atoms with Crippen molar-refractivity contribution in [3.63, 3.8) is 0 Å². The molecule has 0 spiro atoms. The van der Waals surface area contributed by atoms with Crippen LogP contribution in [0.25, 0.3) is 0 Å². The first-order valence-electron chi connectivity index (χ1n) is 6.51. The zero-order valence-corrected chi connectivity index (χ0v) is 11.5. The lowest BCUT2D eigenvalue weighted by molar-refractivity contribution is -0.684. The number of aromatic nitrogens is 1. The fourth-order valence-corrected chi connectivity index (χ4v) is 2.14. The Balaban J connectivity index is 2.01. The molecule has 8 heteroatoms. The highest BCUT2D eigenvalue weighted by atomic mass is 16.7. The maximum atomic E-state index is 11.1. The largest absolute Gasteiger partial charge is 0.868 e. The Morgan fingerprint density at radius 2 is 1.95 bits per heavy atom. The van der Waals surface area contributed by atoms with Crippen LogP contribution >= 0.6 is 0 Å². The molecule has 0 aliphatic carbocycles. The Morgan fingerprint density at radius 3 is 2.57 bits per heavy atom. The van der Waals surface area contributed by atoms with Gasteiger partial charge in [-0.25, -0.2) is 4.57 Å². The first-order chi connectivity index (χ1) is 9.93. The molecule has 2 rings (SSSR count). The summed E-state index contributed by atoms with van der Waals surface area (Å²) in [6.45, 7) is -0.483. The topological polar surface area (TPSA) is 126 Å². The van der Waals surface area contributed by atoms with Crippen LogP contribution in [0.5, 0.6) is 5.75 Å². The molecule has 2 heterocycles. The summed E-state index contributed by atoms with van der Waals surface area (Å²) in [5.41, 5.74) is 0.659. The second-order valence-corrected chi connectivity index (χ2v) is 4.98. The molecule has 21 heavy (non-hydrogen) atoms. The number of aliphatic hydroxyl groups is 4. The van der Waals surface area contributed by atoms with Gasteiger partial charge in [0, 0.05) is 6.07 Å². The predicted octanol–water partition coefficient (Wildman–Crippen LogP) is -3.10. The molecule has 0 aromatic carbocycles. The zero-order chi connectivity index (χ0) is 15.6. The molecule has 8 nitrogen and oxygen atoms in total. The van der Waals surface area contributed by atoms with Crippen molar-refractivity contribution >= 4 is 0 Å². The fourth-order valence-electron chi connectivity index (χ4n) is 2.14. The van der Waals surface area contributed by atoms with E-state index >= 15 is 0 Å². The smallest absolute Gasteiger partial charge is 0.207 e. The standard InChI is InChI=1S/C13H19NO7/c1-14-4-8(16)3-2-7(14)6-20-13-12(19)11(18)10(17)9(5-15)21-13/h2-4,9-13,15,17-19H,5-6H2,1H3/t9-,10-,11+,12-,13+/m1/s1. The van der Waals surface area contributed by atoms with Crippen molar-refractivity contribution in [2.45, 2.75) is 37.3 Å². The van der Waals surface area contributed by atoms with E-state index in [0.29, 0.717) is 5.69 Å². The number of hydrogen-bond acceptors (Lipinski definition) is 7. The minimum absolute atomic E-state index is 0.0273. The molecule has 1 aliphatic rings. The summed E-state index contributed by atoms with van der Waals surface area (Å²) in [7, 11) is 1.67. The van der Waals surface area contributed by atoms with E-state index in [4.69, 9.17) is 14.6 Å². The minimum Gasteiger partial charge on any atom is -0.868 e. The number of pyridine rings is 1. The van der Waals surface area contributed by atoms with Gasteiger partial charge in [0.25, 0.3) is 0 Å². The van der Waals surface area contributed by atoms with Crippen LogP contribution in [-0.4, -0.2) is 57.7 Å². The van der Waals surface area contributed by atoms with E-state index in [1.165, 1.54) is 12.3 Å². The first kappa shape index (κ1) is 16.1. The molecule has 5 atom stereocenters. The van der Waals surface area contributed by atoms with Crippen molar-refractivity contribution < 1.29 is 39.6 Å². The molecule has 1 aromatic heterocycles. The van der Waals surface area contributed by atoms with Gasteiger partial charge in [-0.2, -0.15) is 0 Å². The highest BCUT2D eigenvalue weighted by Crippen LogP contribution is 2.22. The average molecular weight is 301 g/mol. The third kappa shape index (κ3) is 3.49. The molecular weight excluding hydrogens is 282 g/mol. The molecule has 0 bridgehead atoms. The van der Waals surface area contributed by atoms with Crippen LogP contribution in [0.2, 0.25) is 0 Å². The lowest BCUT2D eigenvalue weighted by Crippen LogP contribution is -2.59. The lowest BCUT2D eigenvalue weighted by atomic mass is 9.99. The Labute approximate surface area is 121 Å². The van der Waals surface area contributed by atoms with E-state index < -0.39 is 37.3 Å². The monoisotopic (exact) mass is 301 g/mol. The Kier molecular flexibility index (Phi) is 5.09. The molecular formula is C13H19NO7. The third-order valence-electron chi connectivity index (χ3n) is 3.46. The van der Waals surface area contributed by atoms with Crippen LogP contribution in [-0.2, 0) is 23.1 Å². The van der Waals surface area contributed by atoms with Crippen LogP contribution in [0.15, 0.2) is 18.3 Å². The minimum atomic E-state index is -1.47. The van der Waals surface area contributed by atoms with Crippen molar-refractivity contribution in [2.24, 2.45) is 7.05 Å². The molecule has 0 amide bonds. The van der Waals surface area contributed by atoms with E-state index in [2.05, 4.69) is 0 Å². The normalized spacial score (nSPS) is 33.1. The van der Waals surface area contributed by atoms with Gasteiger partial charge in [0.05, 0.1) is 6.61 Å². The number of aryl methyl sites for hydroxylation is 1. The summed E-state index contributed by atoms with van der Waals surface area (Å²) >= 11 is 0. The second kappa shape index (κ2) is 6.65. The summed E-state index contributed by atoms with van der Waals surface area (Å²) in [5, 5.41) is 49.3.